The minimum Gasteiger partial charge on any atom is -0.348 e. The average Bonchev–Trinajstić information content (AvgIpc) is 2.27. The van der Waals surface area contributed by atoms with Gasteiger partial charge in [-0.15, -0.1) is 0 Å². The molecule has 0 radical (unpaired) electrons. The fourth-order valence-electron chi connectivity index (χ4n) is 1.26. The summed E-state index contributed by atoms with van der Waals surface area (Å²) in [5.41, 5.74) is 0.885. The third-order valence-corrected chi connectivity index (χ3v) is 2.11. The molecule has 4 heteroatoms. The lowest BCUT2D eigenvalue weighted by atomic mass is 10.2. The van der Waals surface area contributed by atoms with Crippen molar-refractivity contribution >= 4 is 5.91 Å². The number of rotatable bonds is 5. The number of nitrogens with one attached hydrogen (secondary N) is 2. The van der Waals surface area contributed by atoms with Gasteiger partial charge in [0.25, 0.3) is 0 Å². The highest BCUT2D eigenvalue weighted by Gasteiger charge is 2.09. The summed E-state index contributed by atoms with van der Waals surface area (Å²) in [6.07, 6.45) is 2.22. The normalized spacial score (nSPS) is 12.1. The molecule has 1 amide bonds. The molecule has 0 aromatic carbocycles. The Kier molecular flexibility index (Phi) is 4.77. The van der Waals surface area contributed by atoms with E-state index in [4.69, 9.17) is 0 Å². The van der Waals surface area contributed by atoms with Crippen LogP contribution in [0.25, 0.3) is 0 Å². The molecule has 1 aromatic rings. The van der Waals surface area contributed by atoms with E-state index >= 15 is 0 Å². The highest BCUT2D eigenvalue weighted by Crippen LogP contribution is 2.07. The van der Waals surface area contributed by atoms with Crippen LogP contribution in [0.2, 0.25) is 0 Å². The predicted octanol–water partition coefficient (Wildman–Crippen LogP) is 0.868. The van der Waals surface area contributed by atoms with Gasteiger partial charge in [0.15, 0.2) is 0 Å². The summed E-state index contributed by atoms with van der Waals surface area (Å²) < 4.78 is 0. The van der Waals surface area contributed by atoms with Crippen molar-refractivity contribution in [3.63, 3.8) is 0 Å². The molecule has 0 spiro atoms. The molecule has 2 N–H and O–H groups in total. The molecule has 4 nitrogen and oxygen atoms in total. The van der Waals surface area contributed by atoms with E-state index in [1.54, 1.807) is 6.20 Å². The molecular formula is C11H17N3O. The molecule has 15 heavy (non-hydrogen) atoms. The van der Waals surface area contributed by atoms with Crippen molar-refractivity contribution in [3.8, 4) is 0 Å². The quantitative estimate of drug-likeness (QED) is 0.753. The summed E-state index contributed by atoms with van der Waals surface area (Å²) in [7, 11) is 1.83. The number of carbonyl (C=O) groups is 1. The molecule has 0 aliphatic carbocycles. The number of hydrogen-bond donors (Lipinski definition) is 2. The number of carbonyl (C=O) groups excluding carboxylic acids is 1. The van der Waals surface area contributed by atoms with Crippen molar-refractivity contribution in [2.75, 3.05) is 13.6 Å². The zero-order chi connectivity index (χ0) is 11.1. The second kappa shape index (κ2) is 6.14. The summed E-state index contributed by atoms with van der Waals surface area (Å²) in [5, 5.41) is 5.82. The van der Waals surface area contributed by atoms with Crippen LogP contribution in [0.1, 0.15) is 25.1 Å². The second-order valence-electron chi connectivity index (χ2n) is 3.40. The maximum atomic E-state index is 11.4. The Labute approximate surface area is 90.1 Å². The zero-order valence-electron chi connectivity index (χ0n) is 9.16. The lowest BCUT2D eigenvalue weighted by molar-refractivity contribution is -0.121. The van der Waals surface area contributed by atoms with Crippen LogP contribution in [-0.4, -0.2) is 24.5 Å². The van der Waals surface area contributed by atoms with Gasteiger partial charge < -0.3 is 10.6 Å². The smallest absolute Gasteiger partial charge is 0.221 e. The van der Waals surface area contributed by atoms with Crippen LogP contribution in [0.15, 0.2) is 24.4 Å². The van der Waals surface area contributed by atoms with Crippen LogP contribution in [0.4, 0.5) is 0 Å². The summed E-state index contributed by atoms with van der Waals surface area (Å²) in [4.78, 5) is 15.6. The molecule has 0 saturated heterocycles. The van der Waals surface area contributed by atoms with Gasteiger partial charge in [0.1, 0.15) is 0 Å². The van der Waals surface area contributed by atoms with E-state index < -0.39 is 0 Å². The van der Waals surface area contributed by atoms with Gasteiger partial charge in [-0.1, -0.05) is 6.07 Å². The number of pyridine rings is 1. The molecule has 0 aliphatic rings. The monoisotopic (exact) mass is 207 g/mol. The van der Waals surface area contributed by atoms with Gasteiger partial charge in [-0.2, -0.15) is 0 Å². The van der Waals surface area contributed by atoms with Gasteiger partial charge in [-0.05, 0) is 26.1 Å². The van der Waals surface area contributed by atoms with Crippen LogP contribution in [-0.2, 0) is 4.79 Å². The largest absolute Gasteiger partial charge is 0.348 e. The maximum Gasteiger partial charge on any atom is 0.221 e. The van der Waals surface area contributed by atoms with E-state index in [1.807, 2.05) is 32.2 Å². The van der Waals surface area contributed by atoms with Gasteiger partial charge in [0.2, 0.25) is 5.91 Å². The molecule has 0 bridgehead atoms. The molecular weight excluding hydrogens is 190 g/mol. The lowest BCUT2D eigenvalue weighted by Gasteiger charge is -2.12. The summed E-state index contributed by atoms with van der Waals surface area (Å²) in [5.74, 6) is 0.0440. The van der Waals surface area contributed by atoms with E-state index in [-0.39, 0.29) is 11.9 Å². The van der Waals surface area contributed by atoms with Crippen LogP contribution in [0, 0.1) is 0 Å². The fraction of sp³-hybridized carbons (Fsp3) is 0.455. The van der Waals surface area contributed by atoms with E-state index in [2.05, 4.69) is 15.6 Å². The Morgan fingerprint density at radius 1 is 1.53 bits per heavy atom. The van der Waals surface area contributed by atoms with Gasteiger partial charge in [-0.3, -0.25) is 9.78 Å². The Bertz CT molecular complexity index is 300. The minimum atomic E-state index is -0.0319. The first-order valence-electron chi connectivity index (χ1n) is 5.09. The molecule has 1 heterocycles. The van der Waals surface area contributed by atoms with Gasteiger partial charge in [-0.25, -0.2) is 0 Å². The summed E-state index contributed by atoms with van der Waals surface area (Å²) in [6.45, 7) is 2.63. The number of nitrogens with zero attached hydrogens (tertiary/aromatic N) is 1. The Morgan fingerprint density at radius 2 is 2.33 bits per heavy atom. The van der Waals surface area contributed by atoms with Crippen molar-refractivity contribution in [1.29, 1.82) is 0 Å². The zero-order valence-corrected chi connectivity index (χ0v) is 9.16. The van der Waals surface area contributed by atoms with Crippen molar-refractivity contribution < 1.29 is 4.79 Å². The highest BCUT2D eigenvalue weighted by molar-refractivity contribution is 5.76. The van der Waals surface area contributed by atoms with Crippen LogP contribution < -0.4 is 10.6 Å². The first-order valence-corrected chi connectivity index (χ1v) is 5.09. The molecule has 1 rings (SSSR count). The topological polar surface area (TPSA) is 54.0 Å². The third kappa shape index (κ3) is 4.08. The fourth-order valence-corrected chi connectivity index (χ4v) is 1.26. The van der Waals surface area contributed by atoms with Crippen LogP contribution >= 0.6 is 0 Å². The lowest BCUT2D eigenvalue weighted by Crippen LogP contribution is -2.29. The Hall–Kier alpha value is -1.42. The minimum absolute atomic E-state index is 0.0319. The van der Waals surface area contributed by atoms with E-state index in [9.17, 15) is 4.79 Å². The molecule has 0 fully saturated rings. The number of aromatic nitrogens is 1. The summed E-state index contributed by atoms with van der Waals surface area (Å²) in [6, 6.07) is 5.65. The van der Waals surface area contributed by atoms with Crippen molar-refractivity contribution in [2.45, 2.75) is 19.4 Å². The van der Waals surface area contributed by atoms with Gasteiger partial charge in [0, 0.05) is 19.2 Å². The second-order valence-corrected chi connectivity index (χ2v) is 3.40. The average molecular weight is 207 g/mol. The molecule has 82 valence electrons. The number of amides is 1. The first-order chi connectivity index (χ1) is 7.24. The first kappa shape index (κ1) is 11.7. The van der Waals surface area contributed by atoms with E-state index in [0.717, 1.165) is 5.69 Å². The maximum absolute atomic E-state index is 11.4. The molecule has 0 unspecified atom stereocenters. The Balaban J connectivity index is 2.42. The van der Waals surface area contributed by atoms with Crippen LogP contribution in [0.5, 0.6) is 0 Å². The van der Waals surface area contributed by atoms with Crippen LogP contribution in [0.3, 0.4) is 0 Å². The molecule has 1 aromatic heterocycles. The highest BCUT2D eigenvalue weighted by atomic mass is 16.1. The standard InChI is InChI=1S/C11H17N3O/c1-9(10-5-3-4-7-13-10)14-11(15)6-8-12-2/h3-5,7,9,12H,6,8H2,1-2H3,(H,14,15)/t9-/m0/s1. The predicted molar refractivity (Wildman–Crippen MR) is 59.3 cm³/mol. The van der Waals surface area contributed by atoms with E-state index in [0.29, 0.717) is 13.0 Å². The SMILES string of the molecule is CNCCC(=O)N[C@@H](C)c1ccccn1. The number of hydrogen-bond acceptors (Lipinski definition) is 3. The molecule has 0 saturated carbocycles. The van der Waals surface area contributed by atoms with Gasteiger partial charge >= 0.3 is 0 Å². The Morgan fingerprint density at radius 3 is 2.93 bits per heavy atom. The molecule has 0 aliphatic heterocycles. The molecule has 1 atom stereocenters. The van der Waals surface area contributed by atoms with Crippen molar-refractivity contribution in [1.82, 2.24) is 15.6 Å². The van der Waals surface area contributed by atoms with Crippen molar-refractivity contribution in [2.24, 2.45) is 0 Å². The van der Waals surface area contributed by atoms with Gasteiger partial charge in [0.05, 0.1) is 11.7 Å². The summed E-state index contributed by atoms with van der Waals surface area (Å²) >= 11 is 0. The van der Waals surface area contributed by atoms with E-state index in [1.165, 1.54) is 0 Å². The van der Waals surface area contributed by atoms with Crippen molar-refractivity contribution in [3.05, 3.63) is 30.1 Å². The third-order valence-electron chi connectivity index (χ3n) is 2.11.